The Labute approximate surface area is 271 Å². The highest BCUT2D eigenvalue weighted by Crippen LogP contribution is 2.35. The van der Waals surface area contributed by atoms with Gasteiger partial charge in [0.15, 0.2) is 12.4 Å². The molecule has 8 nitrogen and oxygen atoms in total. The van der Waals surface area contributed by atoms with Crippen LogP contribution in [0.25, 0.3) is 33.5 Å². The van der Waals surface area contributed by atoms with Crippen LogP contribution >= 0.6 is 55.1 Å². The molecule has 1 N–H and O–H groups in total. The molecule has 0 atom stereocenters. The lowest BCUT2D eigenvalue weighted by Crippen LogP contribution is -2.20. The summed E-state index contributed by atoms with van der Waals surface area (Å²) in [6, 6.07) is 24.3. The minimum Gasteiger partial charge on any atom is -0.481 e. The third-order valence-electron chi connectivity index (χ3n) is 6.27. The van der Waals surface area contributed by atoms with Crippen LogP contribution in [-0.2, 0) is 4.79 Å². The first kappa shape index (κ1) is 29.1. The van der Waals surface area contributed by atoms with Gasteiger partial charge in [0.2, 0.25) is 5.82 Å². The van der Waals surface area contributed by atoms with E-state index in [4.69, 9.17) is 37.3 Å². The molecule has 4 aromatic carbocycles. The number of halogens is 4. The maximum Gasteiger partial charge on any atom is 0.282 e. The Kier molecular flexibility index (Phi) is 8.36. The van der Waals surface area contributed by atoms with Crippen LogP contribution in [0.1, 0.15) is 5.56 Å². The van der Waals surface area contributed by atoms with Crippen LogP contribution < -0.4 is 15.6 Å². The number of amides is 1. The zero-order valence-electron chi connectivity index (χ0n) is 21.9. The number of hydrogen-bond acceptors (Lipinski definition) is 6. The van der Waals surface area contributed by atoms with E-state index in [2.05, 4.69) is 42.3 Å². The first-order chi connectivity index (χ1) is 20.7. The topological polar surface area (TPSA) is 98.7 Å². The fraction of sp³-hybridized carbons (Fsp3) is 0.0323. The highest BCUT2D eigenvalue weighted by atomic mass is 79.9. The summed E-state index contributed by atoms with van der Waals surface area (Å²) < 4.78 is 14.1. The lowest BCUT2D eigenvalue weighted by molar-refractivity contribution is -0.118. The summed E-state index contributed by atoms with van der Waals surface area (Å²) in [5, 5.41) is 9.57. The number of ether oxygens (including phenoxy) is 1. The van der Waals surface area contributed by atoms with Crippen molar-refractivity contribution in [3.8, 4) is 17.3 Å². The number of nitrogens with zero attached hydrogens (tertiary/aromatic N) is 3. The summed E-state index contributed by atoms with van der Waals surface area (Å²) in [6.45, 7) is -0.225. The molecule has 2 aromatic heterocycles. The highest BCUT2D eigenvalue weighted by molar-refractivity contribution is 9.11. The first-order valence-corrected chi connectivity index (χ1v) is 15.0. The molecular formula is C31H18Br2Cl2N4O4. The van der Waals surface area contributed by atoms with Crippen LogP contribution in [0, 0.1) is 0 Å². The lowest BCUT2D eigenvalue weighted by atomic mass is 10.2. The van der Waals surface area contributed by atoms with Crippen molar-refractivity contribution in [2.75, 3.05) is 11.9 Å². The van der Waals surface area contributed by atoms with Crippen LogP contribution in [0.2, 0.25) is 10.0 Å². The van der Waals surface area contributed by atoms with Gasteiger partial charge < -0.3 is 14.5 Å². The van der Waals surface area contributed by atoms with Crippen molar-refractivity contribution in [1.82, 2.24) is 9.66 Å². The summed E-state index contributed by atoms with van der Waals surface area (Å²) in [5.74, 6) is 0.683. The number of carbonyl (C=O) groups is 1. The molecule has 214 valence electrons. The minimum atomic E-state index is -0.361. The molecule has 0 fully saturated rings. The van der Waals surface area contributed by atoms with E-state index in [9.17, 15) is 9.59 Å². The Hall–Kier alpha value is -3.96. The molecule has 0 unspecified atom stereocenters. The summed E-state index contributed by atoms with van der Waals surface area (Å²) in [6.07, 6.45) is 1.52. The molecule has 6 aromatic rings. The number of rotatable bonds is 7. The van der Waals surface area contributed by atoms with Crippen molar-refractivity contribution in [2.45, 2.75) is 0 Å². The summed E-state index contributed by atoms with van der Waals surface area (Å²) in [5.41, 5.74) is 1.99. The van der Waals surface area contributed by atoms with Crippen molar-refractivity contribution in [3.05, 3.63) is 120 Å². The first-order valence-electron chi connectivity index (χ1n) is 12.7. The number of aromatic nitrogens is 2. The maximum absolute atomic E-state index is 13.6. The van der Waals surface area contributed by atoms with Gasteiger partial charge in [-0.25, -0.2) is 4.98 Å². The van der Waals surface area contributed by atoms with Crippen molar-refractivity contribution in [2.24, 2.45) is 5.10 Å². The van der Waals surface area contributed by atoms with Gasteiger partial charge in [-0.15, -0.1) is 0 Å². The Morgan fingerprint density at radius 1 is 0.977 bits per heavy atom. The van der Waals surface area contributed by atoms with Crippen LogP contribution in [0.5, 0.6) is 5.75 Å². The molecule has 12 heteroatoms. The molecule has 0 aliphatic rings. The Balaban J connectivity index is 1.29. The van der Waals surface area contributed by atoms with E-state index in [0.29, 0.717) is 58.2 Å². The van der Waals surface area contributed by atoms with Crippen molar-refractivity contribution in [3.63, 3.8) is 0 Å². The van der Waals surface area contributed by atoms with Gasteiger partial charge in [0.05, 0.1) is 26.1 Å². The number of carbonyl (C=O) groups excluding carboxylic acids is 1. The van der Waals surface area contributed by atoms with E-state index in [1.807, 2.05) is 6.07 Å². The molecule has 1 amide bonds. The summed E-state index contributed by atoms with van der Waals surface area (Å²) >= 11 is 19.1. The number of benzene rings is 4. The Bertz CT molecular complexity index is 2090. The van der Waals surface area contributed by atoms with Crippen LogP contribution in [-0.4, -0.2) is 28.4 Å². The van der Waals surface area contributed by atoms with Crippen LogP contribution in [0.15, 0.2) is 108 Å². The van der Waals surface area contributed by atoms with E-state index < -0.39 is 0 Å². The van der Waals surface area contributed by atoms with E-state index in [1.54, 1.807) is 78.9 Å². The molecule has 0 spiro atoms. The lowest BCUT2D eigenvalue weighted by Gasteiger charge is -2.12. The molecule has 0 bridgehead atoms. The van der Waals surface area contributed by atoms with Crippen molar-refractivity contribution < 1.29 is 13.9 Å². The van der Waals surface area contributed by atoms with Crippen molar-refractivity contribution >= 4 is 94.7 Å². The average Bonchev–Trinajstić information content (AvgIpc) is 3.40. The summed E-state index contributed by atoms with van der Waals surface area (Å²) in [4.78, 5) is 30.7. The fourth-order valence-electron chi connectivity index (χ4n) is 4.30. The predicted octanol–water partition coefficient (Wildman–Crippen LogP) is 8.54. The largest absolute Gasteiger partial charge is 0.481 e. The van der Waals surface area contributed by atoms with E-state index in [-0.39, 0.29) is 23.9 Å². The standard InChI is InChI=1S/C31H18Br2Cl2N4O4/c32-23-11-17(12-24(33)29(23)42-16-28(40)37-21-8-5-19(34)6-9-21)15-36-39-30(38-25-4-2-1-3-22(25)31(39)41)27-14-18-13-20(35)7-10-26(18)43-27/h1-15H,16H2,(H,37,40). The molecular weight excluding hydrogens is 723 g/mol. The third-order valence-corrected chi connectivity index (χ3v) is 7.94. The molecule has 0 aliphatic heterocycles. The molecule has 0 radical (unpaired) electrons. The number of nitrogens with one attached hydrogen (secondary N) is 1. The van der Waals surface area contributed by atoms with Gasteiger partial charge in [0.25, 0.3) is 11.5 Å². The van der Waals surface area contributed by atoms with Gasteiger partial charge in [-0.05, 0) is 110 Å². The average molecular weight is 741 g/mol. The number of anilines is 1. The molecule has 6 rings (SSSR count). The molecule has 0 aliphatic carbocycles. The zero-order chi connectivity index (χ0) is 30.1. The number of fused-ring (bicyclic) bond motifs is 2. The SMILES string of the molecule is O=C(COc1c(Br)cc(C=Nn2c(-c3cc4cc(Cl)ccc4o3)nc3ccccc3c2=O)cc1Br)Nc1ccc(Cl)cc1. The zero-order valence-corrected chi connectivity index (χ0v) is 26.5. The van der Waals surface area contributed by atoms with Gasteiger partial charge >= 0.3 is 0 Å². The van der Waals surface area contributed by atoms with E-state index in [0.717, 1.165) is 5.39 Å². The number of furan rings is 1. The fourth-order valence-corrected chi connectivity index (χ4v) is 6.06. The highest BCUT2D eigenvalue weighted by Gasteiger charge is 2.17. The normalized spacial score (nSPS) is 11.4. The molecule has 2 heterocycles. The Morgan fingerprint density at radius 2 is 1.70 bits per heavy atom. The Morgan fingerprint density at radius 3 is 2.47 bits per heavy atom. The second kappa shape index (κ2) is 12.3. The number of para-hydroxylation sites is 1. The monoisotopic (exact) mass is 738 g/mol. The van der Waals surface area contributed by atoms with Gasteiger partial charge in [0, 0.05) is 21.1 Å². The van der Waals surface area contributed by atoms with Gasteiger partial charge in [-0.3, -0.25) is 9.59 Å². The maximum atomic E-state index is 13.6. The summed E-state index contributed by atoms with van der Waals surface area (Å²) in [7, 11) is 0. The molecule has 0 saturated heterocycles. The van der Waals surface area contributed by atoms with Crippen LogP contribution in [0.3, 0.4) is 0 Å². The smallest absolute Gasteiger partial charge is 0.282 e. The van der Waals surface area contributed by atoms with Crippen molar-refractivity contribution in [1.29, 1.82) is 0 Å². The van der Waals surface area contributed by atoms with E-state index in [1.165, 1.54) is 10.9 Å². The molecule has 0 saturated carbocycles. The van der Waals surface area contributed by atoms with Gasteiger partial charge in [-0.1, -0.05) is 35.3 Å². The number of hydrogen-bond donors (Lipinski definition) is 1. The third kappa shape index (κ3) is 6.37. The second-order valence-corrected chi connectivity index (χ2v) is 11.8. The van der Waals surface area contributed by atoms with E-state index >= 15 is 0 Å². The van der Waals surface area contributed by atoms with Crippen LogP contribution in [0.4, 0.5) is 5.69 Å². The molecule has 43 heavy (non-hydrogen) atoms. The second-order valence-electron chi connectivity index (χ2n) is 9.26. The quantitative estimate of drug-likeness (QED) is 0.166. The predicted molar refractivity (Wildman–Crippen MR) is 177 cm³/mol. The van der Waals surface area contributed by atoms with Gasteiger partial charge in [0.1, 0.15) is 11.3 Å². The minimum absolute atomic E-state index is 0.225. The van der Waals surface area contributed by atoms with Gasteiger partial charge in [-0.2, -0.15) is 9.78 Å².